The Morgan fingerprint density at radius 2 is 1.48 bits per heavy atom. The van der Waals surface area contributed by atoms with Gasteiger partial charge in [0.15, 0.2) is 0 Å². The molecule has 128 valence electrons. The summed E-state index contributed by atoms with van der Waals surface area (Å²) >= 11 is 0. The summed E-state index contributed by atoms with van der Waals surface area (Å²) in [4.78, 5) is 9.14. The van der Waals surface area contributed by atoms with E-state index in [0.717, 1.165) is 45.0 Å². The molecule has 5 heteroatoms. The van der Waals surface area contributed by atoms with Crippen LogP contribution >= 0.6 is 0 Å². The van der Waals surface area contributed by atoms with Crippen LogP contribution < -0.4 is 0 Å². The molecule has 25 heavy (non-hydrogen) atoms. The van der Waals surface area contributed by atoms with Crippen molar-refractivity contribution in [2.45, 2.75) is 13.1 Å². The van der Waals surface area contributed by atoms with Crippen LogP contribution in [0.2, 0.25) is 0 Å². The molecule has 0 saturated carbocycles. The van der Waals surface area contributed by atoms with Crippen molar-refractivity contribution in [2.24, 2.45) is 0 Å². The second-order valence-corrected chi connectivity index (χ2v) is 6.53. The first-order valence-corrected chi connectivity index (χ1v) is 8.79. The van der Waals surface area contributed by atoms with Crippen molar-refractivity contribution in [1.82, 2.24) is 24.6 Å². The zero-order chi connectivity index (χ0) is 16.9. The maximum atomic E-state index is 4.32. The highest BCUT2D eigenvalue weighted by Crippen LogP contribution is 2.14. The van der Waals surface area contributed by atoms with Gasteiger partial charge in [0, 0.05) is 64.1 Å². The predicted molar refractivity (Wildman–Crippen MR) is 98.4 cm³/mol. The summed E-state index contributed by atoms with van der Waals surface area (Å²) in [5, 5.41) is 4.32. The Morgan fingerprint density at radius 1 is 0.760 bits per heavy atom. The smallest absolute Gasteiger partial charge is 0.0648 e. The van der Waals surface area contributed by atoms with Crippen LogP contribution in [0.1, 0.15) is 11.1 Å². The number of piperazine rings is 1. The molecule has 3 aromatic rings. The van der Waals surface area contributed by atoms with Gasteiger partial charge < -0.3 is 0 Å². The van der Waals surface area contributed by atoms with E-state index < -0.39 is 0 Å². The Bertz CT molecular complexity index is 777. The largest absolute Gasteiger partial charge is 0.297 e. The van der Waals surface area contributed by atoms with Crippen molar-refractivity contribution in [3.05, 3.63) is 78.4 Å². The second-order valence-electron chi connectivity index (χ2n) is 6.53. The molecule has 0 unspecified atom stereocenters. The Labute approximate surface area is 148 Å². The normalized spacial score (nSPS) is 16.2. The van der Waals surface area contributed by atoms with Crippen LogP contribution in [0.3, 0.4) is 0 Å². The molecule has 0 atom stereocenters. The van der Waals surface area contributed by atoms with Crippen LogP contribution in [0.5, 0.6) is 0 Å². The zero-order valence-electron chi connectivity index (χ0n) is 14.3. The van der Waals surface area contributed by atoms with Crippen molar-refractivity contribution < 1.29 is 0 Å². The third kappa shape index (κ3) is 4.13. The van der Waals surface area contributed by atoms with Crippen molar-refractivity contribution in [3.8, 4) is 5.69 Å². The number of hydrogen-bond acceptors (Lipinski definition) is 4. The van der Waals surface area contributed by atoms with Gasteiger partial charge in [-0.1, -0.05) is 12.1 Å². The minimum absolute atomic E-state index is 0.998. The highest BCUT2D eigenvalue weighted by atomic mass is 15.3. The average Bonchev–Trinajstić information content (AvgIpc) is 3.19. The highest BCUT2D eigenvalue weighted by molar-refractivity contribution is 5.35. The summed E-state index contributed by atoms with van der Waals surface area (Å²) in [7, 11) is 0. The molecule has 1 aliphatic rings. The fraction of sp³-hybridized carbons (Fsp3) is 0.300. The van der Waals surface area contributed by atoms with E-state index >= 15 is 0 Å². The average molecular weight is 333 g/mol. The van der Waals surface area contributed by atoms with Crippen LogP contribution in [0, 0.1) is 0 Å². The predicted octanol–water partition coefficient (Wildman–Crippen LogP) is 2.59. The van der Waals surface area contributed by atoms with Gasteiger partial charge in [0.25, 0.3) is 0 Å². The molecule has 5 nitrogen and oxygen atoms in total. The first-order valence-electron chi connectivity index (χ1n) is 8.79. The quantitative estimate of drug-likeness (QED) is 0.719. The number of nitrogens with zero attached hydrogens (tertiary/aromatic N) is 5. The van der Waals surface area contributed by atoms with E-state index in [9.17, 15) is 0 Å². The maximum Gasteiger partial charge on any atom is 0.0648 e. The molecule has 1 saturated heterocycles. The molecule has 0 bridgehead atoms. The molecule has 1 aromatic carbocycles. The summed E-state index contributed by atoms with van der Waals surface area (Å²) in [6, 6.07) is 14.8. The third-order valence-electron chi connectivity index (χ3n) is 4.71. The monoisotopic (exact) mass is 333 g/mol. The van der Waals surface area contributed by atoms with Crippen molar-refractivity contribution in [1.29, 1.82) is 0 Å². The minimum Gasteiger partial charge on any atom is -0.297 e. The lowest BCUT2D eigenvalue weighted by Gasteiger charge is -2.34. The first-order chi connectivity index (χ1) is 12.4. The van der Waals surface area contributed by atoms with Crippen LogP contribution in [-0.2, 0) is 13.1 Å². The summed E-state index contributed by atoms with van der Waals surface area (Å²) in [6.07, 6.45) is 7.54. The van der Waals surface area contributed by atoms with Gasteiger partial charge in [-0.2, -0.15) is 5.10 Å². The molecule has 0 N–H and O–H groups in total. The van der Waals surface area contributed by atoms with Crippen LogP contribution in [-0.4, -0.2) is 50.7 Å². The van der Waals surface area contributed by atoms with E-state index in [1.54, 1.807) is 0 Å². The molecule has 0 amide bonds. The van der Waals surface area contributed by atoms with Crippen molar-refractivity contribution >= 4 is 0 Å². The lowest BCUT2D eigenvalue weighted by Crippen LogP contribution is -2.45. The number of pyridine rings is 1. The van der Waals surface area contributed by atoms with Gasteiger partial charge in [-0.05, 0) is 41.5 Å². The zero-order valence-corrected chi connectivity index (χ0v) is 14.3. The fourth-order valence-electron chi connectivity index (χ4n) is 3.33. The molecular formula is C20H23N5. The summed E-state index contributed by atoms with van der Waals surface area (Å²) in [5.41, 5.74) is 3.81. The lowest BCUT2D eigenvalue weighted by molar-refractivity contribution is 0.122. The first kappa shape index (κ1) is 16.0. The van der Waals surface area contributed by atoms with E-state index in [0.29, 0.717) is 0 Å². The van der Waals surface area contributed by atoms with Crippen molar-refractivity contribution in [3.63, 3.8) is 0 Å². The molecular weight excluding hydrogens is 310 g/mol. The van der Waals surface area contributed by atoms with E-state index in [4.69, 9.17) is 0 Å². The van der Waals surface area contributed by atoms with Gasteiger partial charge in [0.05, 0.1) is 5.69 Å². The minimum atomic E-state index is 0.998. The van der Waals surface area contributed by atoms with Gasteiger partial charge >= 0.3 is 0 Å². The number of hydrogen-bond donors (Lipinski definition) is 0. The van der Waals surface area contributed by atoms with Crippen LogP contribution in [0.4, 0.5) is 0 Å². The van der Waals surface area contributed by atoms with Gasteiger partial charge in [0.2, 0.25) is 0 Å². The summed E-state index contributed by atoms with van der Waals surface area (Å²) < 4.78 is 1.91. The molecule has 0 radical (unpaired) electrons. The van der Waals surface area contributed by atoms with Crippen LogP contribution in [0.25, 0.3) is 5.69 Å². The Morgan fingerprint density at radius 3 is 2.16 bits per heavy atom. The van der Waals surface area contributed by atoms with Gasteiger partial charge in [-0.3, -0.25) is 14.8 Å². The molecule has 4 rings (SSSR count). The summed E-state index contributed by atoms with van der Waals surface area (Å²) in [6.45, 7) is 6.46. The van der Waals surface area contributed by atoms with Gasteiger partial charge in [-0.15, -0.1) is 0 Å². The molecule has 3 heterocycles. The van der Waals surface area contributed by atoms with E-state index in [-0.39, 0.29) is 0 Å². The second kappa shape index (κ2) is 7.59. The number of rotatable bonds is 5. The van der Waals surface area contributed by atoms with E-state index in [2.05, 4.69) is 56.3 Å². The van der Waals surface area contributed by atoms with Crippen molar-refractivity contribution in [2.75, 3.05) is 26.2 Å². The molecule has 0 aliphatic carbocycles. The standard InChI is InChI=1S/C20H23N5/c1-3-19(15-20(4-1)25-10-2-7-22-25)17-24-13-11-23(12-14-24)16-18-5-8-21-9-6-18/h1-10,15H,11-14,16-17H2. The summed E-state index contributed by atoms with van der Waals surface area (Å²) in [5.74, 6) is 0. The Balaban J connectivity index is 1.32. The van der Waals surface area contributed by atoms with Gasteiger partial charge in [0.1, 0.15) is 0 Å². The topological polar surface area (TPSA) is 37.2 Å². The highest BCUT2D eigenvalue weighted by Gasteiger charge is 2.17. The maximum absolute atomic E-state index is 4.32. The number of benzene rings is 1. The fourth-order valence-corrected chi connectivity index (χ4v) is 3.33. The Hall–Kier alpha value is -2.50. The lowest BCUT2D eigenvalue weighted by atomic mass is 10.1. The number of aromatic nitrogens is 3. The van der Waals surface area contributed by atoms with E-state index in [1.807, 2.05) is 35.5 Å². The van der Waals surface area contributed by atoms with Gasteiger partial charge in [-0.25, -0.2) is 4.68 Å². The van der Waals surface area contributed by atoms with Crippen LogP contribution in [0.15, 0.2) is 67.3 Å². The molecule has 2 aromatic heterocycles. The molecule has 1 aliphatic heterocycles. The molecule has 0 spiro atoms. The Kier molecular flexibility index (Phi) is 4.86. The SMILES string of the molecule is c1cc(CN2CCN(Cc3ccncc3)CC2)cc(-n2cccn2)c1. The molecule has 1 fully saturated rings. The third-order valence-corrected chi connectivity index (χ3v) is 4.71. The van der Waals surface area contributed by atoms with E-state index in [1.165, 1.54) is 11.1 Å².